The van der Waals surface area contributed by atoms with Crippen LogP contribution >= 0.6 is 0 Å². The molecule has 0 aliphatic carbocycles. The van der Waals surface area contributed by atoms with Crippen LogP contribution in [0.2, 0.25) is 0 Å². The minimum atomic E-state index is -0.375. The van der Waals surface area contributed by atoms with E-state index in [0.717, 1.165) is 37.9 Å². The van der Waals surface area contributed by atoms with Gasteiger partial charge in [0.2, 0.25) is 11.8 Å². The lowest BCUT2D eigenvalue weighted by Gasteiger charge is -2.39. The molecule has 1 aromatic carbocycles. The monoisotopic (exact) mass is 375 g/mol. The van der Waals surface area contributed by atoms with Crippen LogP contribution in [-0.4, -0.2) is 53.3 Å². The highest BCUT2D eigenvalue weighted by Gasteiger charge is 2.48. The first-order chi connectivity index (χ1) is 12.7. The Kier molecular flexibility index (Phi) is 5.56. The van der Waals surface area contributed by atoms with Crippen molar-refractivity contribution in [3.05, 3.63) is 35.6 Å². The minimum absolute atomic E-state index is 0.00553. The fourth-order valence-electron chi connectivity index (χ4n) is 4.25. The highest BCUT2D eigenvalue weighted by Crippen LogP contribution is 2.40. The van der Waals surface area contributed by atoms with E-state index in [1.54, 1.807) is 12.1 Å². The Bertz CT molecular complexity index is 698. The number of amides is 2. The van der Waals surface area contributed by atoms with Crippen molar-refractivity contribution in [1.82, 2.24) is 15.1 Å². The lowest BCUT2D eigenvalue weighted by Crippen LogP contribution is -2.50. The molecule has 2 fully saturated rings. The molecule has 0 bridgehead atoms. The van der Waals surface area contributed by atoms with Crippen molar-refractivity contribution in [2.45, 2.75) is 52.1 Å². The van der Waals surface area contributed by atoms with Gasteiger partial charge in [-0.3, -0.25) is 14.5 Å². The van der Waals surface area contributed by atoms with Crippen LogP contribution in [0.1, 0.15) is 45.6 Å². The van der Waals surface area contributed by atoms with E-state index in [1.807, 2.05) is 25.7 Å². The largest absolute Gasteiger partial charge is 0.350 e. The Balaban J connectivity index is 1.61. The van der Waals surface area contributed by atoms with Gasteiger partial charge in [0.1, 0.15) is 5.82 Å². The van der Waals surface area contributed by atoms with E-state index in [1.165, 1.54) is 12.1 Å². The molecule has 6 heteroatoms. The molecule has 2 amide bonds. The summed E-state index contributed by atoms with van der Waals surface area (Å²) in [5.74, 6) is -0.0806. The van der Waals surface area contributed by atoms with Crippen LogP contribution in [0.5, 0.6) is 0 Å². The van der Waals surface area contributed by atoms with E-state index >= 15 is 0 Å². The van der Waals surface area contributed by atoms with Crippen molar-refractivity contribution in [3.8, 4) is 0 Å². The highest BCUT2D eigenvalue weighted by molar-refractivity contribution is 5.84. The molecule has 0 radical (unpaired) electrons. The Morgan fingerprint density at radius 3 is 2.56 bits per heavy atom. The minimum Gasteiger partial charge on any atom is -0.350 e. The molecule has 2 aliphatic rings. The second-order valence-electron chi connectivity index (χ2n) is 9.00. The number of rotatable bonds is 4. The molecule has 1 atom stereocenters. The summed E-state index contributed by atoms with van der Waals surface area (Å²) in [5, 5.41) is 2.99. The van der Waals surface area contributed by atoms with Gasteiger partial charge >= 0.3 is 0 Å². The molecule has 2 aliphatic heterocycles. The maximum absolute atomic E-state index is 13.2. The molecule has 0 aromatic heterocycles. The van der Waals surface area contributed by atoms with E-state index in [4.69, 9.17) is 0 Å². The summed E-state index contributed by atoms with van der Waals surface area (Å²) in [5.41, 5.74) is 0.322. The Morgan fingerprint density at radius 2 is 1.89 bits per heavy atom. The second-order valence-corrected chi connectivity index (χ2v) is 9.00. The van der Waals surface area contributed by atoms with E-state index in [9.17, 15) is 14.0 Å². The van der Waals surface area contributed by atoms with Crippen LogP contribution in [0.25, 0.3) is 0 Å². The van der Waals surface area contributed by atoms with Crippen molar-refractivity contribution in [3.63, 3.8) is 0 Å². The maximum Gasteiger partial charge on any atom is 0.234 e. The molecule has 2 saturated heterocycles. The molecular weight excluding hydrogens is 345 g/mol. The van der Waals surface area contributed by atoms with E-state index in [2.05, 4.69) is 10.2 Å². The molecule has 1 aromatic rings. The zero-order chi connectivity index (χ0) is 19.7. The third-order valence-corrected chi connectivity index (χ3v) is 5.43. The van der Waals surface area contributed by atoms with Gasteiger partial charge in [0, 0.05) is 25.2 Å². The average Bonchev–Trinajstić information content (AvgIpc) is 2.96. The van der Waals surface area contributed by atoms with Gasteiger partial charge in [-0.25, -0.2) is 4.39 Å². The standard InChI is InChI=1S/C21H30FN3O2/c1-20(2,3)23-18(26)14-24-12-10-21(15-24)9-4-11-25(19(21)27)13-16-5-7-17(22)8-6-16/h5-8H,4,9-15H2,1-3H3,(H,23,26)/t21-/m0/s1. The molecule has 0 saturated carbocycles. The number of nitrogens with one attached hydrogen (secondary N) is 1. The summed E-state index contributed by atoms with van der Waals surface area (Å²) in [7, 11) is 0. The zero-order valence-corrected chi connectivity index (χ0v) is 16.6. The van der Waals surface area contributed by atoms with Gasteiger partial charge in [-0.05, 0) is 64.3 Å². The van der Waals surface area contributed by atoms with E-state index in [0.29, 0.717) is 19.6 Å². The number of benzene rings is 1. The first kappa shape index (κ1) is 19.8. The van der Waals surface area contributed by atoms with Gasteiger partial charge in [-0.1, -0.05) is 12.1 Å². The summed E-state index contributed by atoms with van der Waals surface area (Å²) in [6.45, 7) is 8.91. The van der Waals surface area contributed by atoms with Crippen LogP contribution in [0.4, 0.5) is 4.39 Å². The number of halogens is 1. The molecule has 2 heterocycles. The number of nitrogens with zero attached hydrogens (tertiary/aromatic N) is 2. The molecule has 0 unspecified atom stereocenters. The molecule has 1 spiro atoms. The third kappa shape index (κ3) is 4.86. The lowest BCUT2D eigenvalue weighted by molar-refractivity contribution is -0.146. The van der Waals surface area contributed by atoms with Crippen molar-refractivity contribution in [1.29, 1.82) is 0 Å². The van der Waals surface area contributed by atoms with Crippen LogP contribution in [0.3, 0.4) is 0 Å². The van der Waals surface area contributed by atoms with Crippen LogP contribution < -0.4 is 5.32 Å². The van der Waals surface area contributed by atoms with Gasteiger partial charge in [0.05, 0.1) is 12.0 Å². The molecular formula is C21H30FN3O2. The predicted molar refractivity (Wildman–Crippen MR) is 102 cm³/mol. The van der Waals surface area contributed by atoms with Gasteiger partial charge in [0.15, 0.2) is 0 Å². The van der Waals surface area contributed by atoms with Gasteiger partial charge in [-0.2, -0.15) is 0 Å². The number of piperidine rings is 1. The smallest absolute Gasteiger partial charge is 0.234 e. The first-order valence-corrected chi connectivity index (χ1v) is 9.74. The second kappa shape index (κ2) is 7.58. The van der Waals surface area contributed by atoms with Gasteiger partial charge in [0.25, 0.3) is 0 Å². The van der Waals surface area contributed by atoms with Crippen LogP contribution in [0, 0.1) is 11.2 Å². The van der Waals surface area contributed by atoms with Crippen molar-refractivity contribution in [2.24, 2.45) is 5.41 Å². The lowest BCUT2D eigenvalue weighted by atomic mass is 9.78. The van der Waals surface area contributed by atoms with Gasteiger partial charge in [-0.15, -0.1) is 0 Å². The Labute approximate surface area is 160 Å². The van der Waals surface area contributed by atoms with E-state index in [-0.39, 0.29) is 28.6 Å². The Morgan fingerprint density at radius 1 is 1.19 bits per heavy atom. The van der Waals surface area contributed by atoms with E-state index < -0.39 is 0 Å². The molecule has 3 rings (SSSR count). The summed E-state index contributed by atoms with van der Waals surface area (Å²) < 4.78 is 13.1. The SMILES string of the molecule is CC(C)(C)NC(=O)CN1CC[C@@]2(CCCN(Cc3ccc(F)cc3)C2=O)C1. The number of carbonyl (C=O) groups is 2. The fourth-order valence-corrected chi connectivity index (χ4v) is 4.25. The summed E-state index contributed by atoms with van der Waals surface area (Å²) in [6.07, 6.45) is 2.65. The fraction of sp³-hybridized carbons (Fsp3) is 0.619. The molecule has 1 N–H and O–H groups in total. The molecule has 27 heavy (non-hydrogen) atoms. The highest BCUT2D eigenvalue weighted by atomic mass is 19.1. The van der Waals surface area contributed by atoms with Crippen molar-refractivity contribution >= 4 is 11.8 Å². The maximum atomic E-state index is 13.2. The van der Waals surface area contributed by atoms with Crippen molar-refractivity contribution in [2.75, 3.05) is 26.2 Å². The van der Waals surface area contributed by atoms with Crippen LogP contribution in [0.15, 0.2) is 24.3 Å². The Hall–Kier alpha value is -1.95. The number of likely N-dealkylation sites (tertiary alicyclic amines) is 2. The quantitative estimate of drug-likeness (QED) is 0.880. The predicted octanol–water partition coefficient (Wildman–Crippen LogP) is 2.55. The molecule has 148 valence electrons. The summed E-state index contributed by atoms with van der Waals surface area (Å²) in [6, 6.07) is 6.35. The van der Waals surface area contributed by atoms with Crippen LogP contribution in [-0.2, 0) is 16.1 Å². The number of hydrogen-bond donors (Lipinski definition) is 1. The van der Waals surface area contributed by atoms with Crippen molar-refractivity contribution < 1.29 is 14.0 Å². The zero-order valence-electron chi connectivity index (χ0n) is 16.6. The van der Waals surface area contributed by atoms with Gasteiger partial charge < -0.3 is 10.2 Å². The molecule has 5 nitrogen and oxygen atoms in total. The normalized spacial score (nSPS) is 23.9. The number of hydrogen-bond acceptors (Lipinski definition) is 3. The average molecular weight is 375 g/mol. The summed E-state index contributed by atoms with van der Waals surface area (Å²) >= 11 is 0. The number of carbonyl (C=O) groups excluding carboxylic acids is 2. The topological polar surface area (TPSA) is 52.7 Å². The summed E-state index contributed by atoms with van der Waals surface area (Å²) in [4.78, 5) is 29.4. The first-order valence-electron chi connectivity index (χ1n) is 9.74. The third-order valence-electron chi connectivity index (χ3n) is 5.43.